The molecule has 2 heterocycles. The topological polar surface area (TPSA) is 83.9 Å². The van der Waals surface area contributed by atoms with Gasteiger partial charge in [-0.05, 0) is 96.1 Å². The van der Waals surface area contributed by atoms with Crippen molar-refractivity contribution in [3.8, 4) is 16.9 Å². The third kappa shape index (κ3) is 8.59. The Balaban J connectivity index is 1.29. The van der Waals surface area contributed by atoms with Crippen molar-refractivity contribution in [2.75, 3.05) is 43.1 Å². The molecule has 0 unspecified atom stereocenters. The molecule has 0 aliphatic carbocycles. The molecule has 0 saturated carbocycles. The van der Waals surface area contributed by atoms with E-state index in [1.54, 1.807) is 12.3 Å². The third-order valence-electron chi connectivity index (χ3n) is 7.91. The van der Waals surface area contributed by atoms with E-state index in [2.05, 4.69) is 59.4 Å². The highest BCUT2D eigenvalue weighted by Gasteiger charge is 2.20. The molecule has 0 spiro atoms. The molecule has 7 nitrogen and oxygen atoms in total. The van der Waals surface area contributed by atoms with Crippen LogP contribution in [-0.2, 0) is 9.53 Å². The Bertz CT molecular complexity index is 1550. The Morgan fingerprint density at radius 1 is 0.933 bits per heavy atom. The van der Waals surface area contributed by atoms with Crippen molar-refractivity contribution in [1.29, 1.82) is 0 Å². The minimum atomic E-state index is -0.825. The first-order chi connectivity index (χ1) is 22.1. The molecular formula is C38H43N3O4. The summed E-state index contributed by atoms with van der Waals surface area (Å²) < 4.78 is 11.4. The molecule has 5 rings (SSSR count). The van der Waals surface area contributed by atoms with Crippen LogP contribution >= 0.6 is 0 Å². The predicted molar refractivity (Wildman–Crippen MR) is 182 cm³/mol. The van der Waals surface area contributed by atoms with Crippen LogP contribution in [0, 0.1) is 0 Å². The number of hydrogen-bond donors (Lipinski definition) is 2. The molecule has 3 aromatic carbocycles. The van der Waals surface area contributed by atoms with Crippen molar-refractivity contribution in [3.63, 3.8) is 0 Å². The monoisotopic (exact) mass is 605 g/mol. The fourth-order valence-corrected chi connectivity index (χ4v) is 5.43. The number of aliphatic hydroxyl groups is 1. The van der Waals surface area contributed by atoms with E-state index in [1.807, 2.05) is 54.6 Å². The second kappa shape index (κ2) is 16.0. The highest BCUT2D eigenvalue weighted by atomic mass is 16.5. The van der Waals surface area contributed by atoms with Gasteiger partial charge in [-0.2, -0.15) is 0 Å². The summed E-state index contributed by atoms with van der Waals surface area (Å²) >= 11 is 0. The Morgan fingerprint density at radius 2 is 1.73 bits per heavy atom. The summed E-state index contributed by atoms with van der Waals surface area (Å²) in [5.74, 6) is 0.697. The number of aromatic nitrogens is 1. The van der Waals surface area contributed by atoms with Crippen LogP contribution in [0.3, 0.4) is 0 Å². The number of aliphatic hydroxyl groups excluding tert-OH is 1. The fraction of sp³-hybridized carbons (Fsp3) is 0.316. The number of benzene rings is 3. The number of amides is 1. The molecule has 1 amide bonds. The zero-order valence-corrected chi connectivity index (χ0v) is 26.2. The van der Waals surface area contributed by atoms with E-state index in [-0.39, 0.29) is 5.91 Å². The van der Waals surface area contributed by atoms with E-state index < -0.39 is 6.10 Å². The summed E-state index contributed by atoms with van der Waals surface area (Å²) in [5.41, 5.74) is 7.04. The maximum Gasteiger partial charge on any atom is 0.251 e. The van der Waals surface area contributed by atoms with Gasteiger partial charge in [-0.25, -0.2) is 0 Å². The lowest BCUT2D eigenvalue weighted by Gasteiger charge is -2.25. The Morgan fingerprint density at radius 3 is 2.47 bits per heavy atom. The average Bonchev–Trinajstić information content (AvgIpc) is 3.26. The van der Waals surface area contributed by atoms with E-state index in [4.69, 9.17) is 9.47 Å². The normalized spacial score (nSPS) is 13.4. The maximum atomic E-state index is 13.5. The molecule has 1 atom stereocenters. The Kier molecular flexibility index (Phi) is 11.4. The number of carbonyl (C=O) groups excluding carboxylic acids is 1. The SMILES string of the molecule is CCCCOCCOc1ccc(-c2ccc3c(c2)C=C(C(=O)Nc2ccc([C@H](O)c4ccccn4)cc2)CCN3CCC)cc1. The first kappa shape index (κ1) is 31.9. The summed E-state index contributed by atoms with van der Waals surface area (Å²) in [6, 6.07) is 27.3. The van der Waals surface area contributed by atoms with Crippen molar-refractivity contribution >= 4 is 23.4 Å². The Labute approximate surface area is 266 Å². The van der Waals surface area contributed by atoms with Crippen molar-refractivity contribution in [3.05, 3.63) is 114 Å². The largest absolute Gasteiger partial charge is 0.491 e. The van der Waals surface area contributed by atoms with Gasteiger partial charge in [0, 0.05) is 42.8 Å². The zero-order valence-electron chi connectivity index (χ0n) is 26.2. The molecular weight excluding hydrogens is 562 g/mol. The number of anilines is 2. The van der Waals surface area contributed by atoms with Crippen LogP contribution < -0.4 is 15.0 Å². The Hall–Kier alpha value is -4.46. The third-order valence-corrected chi connectivity index (χ3v) is 7.91. The highest BCUT2D eigenvalue weighted by molar-refractivity contribution is 6.07. The number of rotatable bonds is 14. The van der Waals surface area contributed by atoms with Crippen molar-refractivity contribution in [1.82, 2.24) is 4.98 Å². The number of fused-ring (bicyclic) bond motifs is 1. The predicted octanol–water partition coefficient (Wildman–Crippen LogP) is 7.67. The maximum absolute atomic E-state index is 13.5. The quantitative estimate of drug-likeness (QED) is 0.144. The molecule has 0 saturated heterocycles. The van der Waals surface area contributed by atoms with E-state index in [1.165, 1.54) is 0 Å². The van der Waals surface area contributed by atoms with Gasteiger partial charge in [-0.3, -0.25) is 9.78 Å². The number of nitrogens with one attached hydrogen (secondary N) is 1. The van der Waals surface area contributed by atoms with Gasteiger partial charge in [0.1, 0.15) is 18.5 Å². The molecule has 1 aliphatic heterocycles. The summed E-state index contributed by atoms with van der Waals surface area (Å²) in [4.78, 5) is 20.1. The number of nitrogens with zero attached hydrogens (tertiary/aromatic N) is 2. The van der Waals surface area contributed by atoms with Gasteiger partial charge in [0.05, 0.1) is 12.3 Å². The van der Waals surface area contributed by atoms with Gasteiger partial charge in [-0.15, -0.1) is 0 Å². The molecule has 0 bridgehead atoms. The number of hydrogen-bond acceptors (Lipinski definition) is 6. The highest BCUT2D eigenvalue weighted by Crippen LogP contribution is 2.33. The van der Waals surface area contributed by atoms with Crippen LogP contribution in [0.15, 0.2) is 96.7 Å². The lowest BCUT2D eigenvalue weighted by Crippen LogP contribution is -2.26. The van der Waals surface area contributed by atoms with Crippen molar-refractivity contribution in [2.45, 2.75) is 45.6 Å². The molecule has 7 heteroatoms. The summed E-state index contributed by atoms with van der Waals surface area (Å²) in [5, 5.41) is 13.7. The average molecular weight is 606 g/mol. The molecule has 4 aromatic rings. The number of ether oxygens (including phenoxy) is 2. The molecule has 1 aromatic heterocycles. The first-order valence-electron chi connectivity index (χ1n) is 16.0. The molecule has 234 valence electrons. The second-order valence-corrected chi connectivity index (χ2v) is 11.3. The standard InChI is InChI=1S/C38H43N3O4/c1-3-5-23-44-24-25-45-34-16-11-28(12-17-34)30-13-18-36-32(26-30)27-31(19-22-41(36)21-4-2)38(43)40-33-14-9-29(10-15-33)37(42)35-8-6-7-20-39-35/h6-18,20,26-27,37,42H,3-5,19,21-25H2,1-2H3,(H,40,43)/t37-/m0/s1. The molecule has 0 fully saturated rings. The van der Waals surface area contributed by atoms with Crippen LogP contribution in [-0.4, -0.2) is 48.9 Å². The number of unbranched alkanes of at least 4 members (excludes halogenated alkanes) is 1. The summed E-state index contributed by atoms with van der Waals surface area (Å²) in [6.45, 7) is 7.91. The minimum absolute atomic E-state index is 0.122. The summed E-state index contributed by atoms with van der Waals surface area (Å²) in [7, 11) is 0. The van der Waals surface area contributed by atoms with Crippen LogP contribution in [0.4, 0.5) is 11.4 Å². The molecule has 45 heavy (non-hydrogen) atoms. The number of carbonyl (C=O) groups is 1. The van der Waals surface area contributed by atoms with E-state index in [9.17, 15) is 9.90 Å². The van der Waals surface area contributed by atoms with E-state index in [0.29, 0.717) is 36.6 Å². The number of pyridine rings is 1. The molecule has 0 radical (unpaired) electrons. The summed E-state index contributed by atoms with van der Waals surface area (Å²) in [6.07, 6.45) is 6.72. The van der Waals surface area contributed by atoms with Gasteiger partial charge in [-0.1, -0.05) is 56.7 Å². The van der Waals surface area contributed by atoms with Crippen molar-refractivity contribution in [2.24, 2.45) is 0 Å². The van der Waals surface area contributed by atoms with Gasteiger partial charge in [0.25, 0.3) is 5.91 Å². The molecule has 1 aliphatic rings. The first-order valence-corrected chi connectivity index (χ1v) is 16.0. The van der Waals surface area contributed by atoms with Gasteiger partial charge in [0.15, 0.2) is 0 Å². The zero-order chi connectivity index (χ0) is 31.4. The van der Waals surface area contributed by atoms with Crippen LogP contribution in [0.2, 0.25) is 0 Å². The van der Waals surface area contributed by atoms with Gasteiger partial charge >= 0.3 is 0 Å². The lowest BCUT2D eigenvalue weighted by molar-refractivity contribution is -0.112. The van der Waals surface area contributed by atoms with E-state index in [0.717, 1.165) is 72.7 Å². The van der Waals surface area contributed by atoms with Gasteiger partial charge < -0.3 is 24.8 Å². The smallest absolute Gasteiger partial charge is 0.251 e. The van der Waals surface area contributed by atoms with Crippen LogP contribution in [0.5, 0.6) is 5.75 Å². The van der Waals surface area contributed by atoms with Crippen LogP contribution in [0.1, 0.15) is 62.5 Å². The van der Waals surface area contributed by atoms with Crippen LogP contribution in [0.25, 0.3) is 17.2 Å². The second-order valence-electron chi connectivity index (χ2n) is 11.3. The van der Waals surface area contributed by atoms with Gasteiger partial charge in [0.2, 0.25) is 0 Å². The van der Waals surface area contributed by atoms with Crippen molar-refractivity contribution < 1.29 is 19.4 Å². The minimum Gasteiger partial charge on any atom is -0.491 e. The fourth-order valence-electron chi connectivity index (χ4n) is 5.43. The van der Waals surface area contributed by atoms with E-state index >= 15 is 0 Å². The lowest BCUT2D eigenvalue weighted by atomic mass is 10.00. The molecule has 2 N–H and O–H groups in total.